The van der Waals surface area contributed by atoms with Gasteiger partial charge in [-0.2, -0.15) is 13.2 Å². The molecular formula is C15H18ClF3O4. The third-order valence-electron chi connectivity index (χ3n) is 3.74. The molecule has 0 heterocycles. The van der Waals surface area contributed by atoms with Crippen LogP contribution < -0.4 is 4.74 Å². The number of rotatable bonds is 5. The fourth-order valence-corrected chi connectivity index (χ4v) is 2.66. The second-order valence-corrected chi connectivity index (χ2v) is 6.38. The van der Waals surface area contributed by atoms with Crippen LogP contribution in [0.15, 0.2) is 12.1 Å². The zero-order valence-electron chi connectivity index (χ0n) is 13.1. The number of carboxylic acid groups (broad SMARTS) is 1. The number of aliphatic hydroxyl groups is 1. The van der Waals surface area contributed by atoms with Gasteiger partial charge in [-0.25, -0.2) is 4.79 Å². The summed E-state index contributed by atoms with van der Waals surface area (Å²) in [7, 11) is 1.31. The fourth-order valence-electron chi connectivity index (χ4n) is 2.42. The van der Waals surface area contributed by atoms with E-state index in [1.165, 1.54) is 27.0 Å². The second kappa shape index (κ2) is 6.20. The van der Waals surface area contributed by atoms with Gasteiger partial charge >= 0.3 is 12.1 Å². The predicted octanol–water partition coefficient (Wildman–Crippen LogP) is 3.70. The predicted molar refractivity (Wildman–Crippen MR) is 79.0 cm³/mol. The molecule has 0 fully saturated rings. The third-order valence-corrected chi connectivity index (χ3v) is 4.21. The molecule has 0 aliphatic rings. The van der Waals surface area contributed by atoms with Gasteiger partial charge in [-0.1, -0.05) is 37.6 Å². The SMILES string of the molecule is COc1c(C(C)(C)CC(O)(C(=O)O)C(F)(F)F)ccc(C)c1Cl. The summed E-state index contributed by atoms with van der Waals surface area (Å²) in [6.45, 7) is 4.47. The van der Waals surface area contributed by atoms with Crippen LogP contribution in [0.5, 0.6) is 5.75 Å². The van der Waals surface area contributed by atoms with Gasteiger partial charge in [0.1, 0.15) is 5.75 Å². The van der Waals surface area contributed by atoms with Crippen molar-refractivity contribution in [2.45, 2.75) is 44.4 Å². The number of carboxylic acids is 1. The highest BCUT2D eigenvalue weighted by Crippen LogP contribution is 2.45. The summed E-state index contributed by atoms with van der Waals surface area (Å²) in [5.74, 6) is -2.19. The van der Waals surface area contributed by atoms with E-state index in [4.69, 9.17) is 21.4 Å². The zero-order valence-corrected chi connectivity index (χ0v) is 13.8. The second-order valence-electron chi connectivity index (χ2n) is 6.00. The zero-order chi connectivity index (χ0) is 18.2. The van der Waals surface area contributed by atoms with E-state index in [2.05, 4.69) is 0 Å². The van der Waals surface area contributed by atoms with Crippen molar-refractivity contribution in [2.75, 3.05) is 7.11 Å². The van der Waals surface area contributed by atoms with Gasteiger partial charge in [0.2, 0.25) is 0 Å². The van der Waals surface area contributed by atoms with E-state index in [0.29, 0.717) is 5.56 Å². The molecule has 0 aliphatic carbocycles. The van der Waals surface area contributed by atoms with E-state index < -0.39 is 29.6 Å². The van der Waals surface area contributed by atoms with Crippen molar-refractivity contribution in [1.29, 1.82) is 0 Å². The van der Waals surface area contributed by atoms with Crippen molar-refractivity contribution >= 4 is 17.6 Å². The first-order valence-electron chi connectivity index (χ1n) is 6.64. The number of alkyl halides is 3. The van der Waals surface area contributed by atoms with Gasteiger partial charge in [-0.15, -0.1) is 0 Å². The van der Waals surface area contributed by atoms with Gasteiger partial charge < -0.3 is 14.9 Å². The Morgan fingerprint density at radius 2 is 1.83 bits per heavy atom. The summed E-state index contributed by atoms with van der Waals surface area (Å²) in [6.07, 6.45) is -6.41. The molecule has 1 atom stereocenters. The number of methoxy groups -OCH3 is 1. The first-order chi connectivity index (χ1) is 10.3. The third kappa shape index (κ3) is 3.55. The summed E-state index contributed by atoms with van der Waals surface area (Å²) in [4.78, 5) is 11.0. The molecule has 0 aliphatic heterocycles. The van der Waals surface area contributed by atoms with E-state index in [1.54, 1.807) is 13.0 Å². The Labute approximate surface area is 136 Å². The van der Waals surface area contributed by atoms with Gasteiger partial charge in [0, 0.05) is 12.0 Å². The Morgan fingerprint density at radius 1 is 1.30 bits per heavy atom. The lowest BCUT2D eigenvalue weighted by molar-refractivity contribution is -0.265. The number of ether oxygens (including phenoxy) is 1. The lowest BCUT2D eigenvalue weighted by atomic mass is 9.74. The average molecular weight is 355 g/mol. The van der Waals surface area contributed by atoms with E-state index in [0.717, 1.165) is 0 Å². The van der Waals surface area contributed by atoms with Crippen molar-refractivity contribution in [1.82, 2.24) is 0 Å². The van der Waals surface area contributed by atoms with Crippen LogP contribution in [0, 0.1) is 6.92 Å². The molecule has 0 amide bonds. The quantitative estimate of drug-likeness (QED) is 0.846. The van der Waals surface area contributed by atoms with Crippen LogP contribution in [0.3, 0.4) is 0 Å². The maximum atomic E-state index is 13.0. The molecule has 0 saturated heterocycles. The van der Waals surface area contributed by atoms with Gasteiger partial charge in [-0.05, 0) is 17.9 Å². The van der Waals surface area contributed by atoms with E-state index in [1.807, 2.05) is 0 Å². The Hall–Kier alpha value is -1.47. The van der Waals surface area contributed by atoms with Crippen LogP contribution in [-0.4, -0.2) is 35.1 Å². The Balaban J connectivity index is 3.43. The first-order valence-corrected chi connectivity index (χ1v) is 7.02. The van der Waals surface area contributed by atoms with Crippen LogP contribution in [0.2, 0.25) is 5.02 Å². The number of hydrogen-bond donors (Lipinski definition) is 2. The van der Waals surface area contributed by atoms with E-state index in [-0.39, 0.29) is 16.3 Å². The summed E-state index contributed by atoms with van der Waals surface area (Å²) < 4.78 is 44.3. The molecule has 1 rings (SSSR count). The molecule has 0 spiro atoms. The Bertz CT molecular complexity index is 613. The van der Waals surface area contributed by atoms with Crippen molar-refractivity contribution in [3.63, 3.8) is 0 Å². The standard InChI is InChI=1S/C15H18ClF3O4/c1-8-5-6-9(11(23-4)10(8)16)13(2,3)7-14(22,12(20)21)15(17,18)19/h5-6,22H,7H2,1-4H3,(H,20,21). The number of hydrogen-bond acceptors (Lipinski definition) is 3. The minimum atomic E-state index is -5.32. The van der Waals surface area contributed by atoms with Gasteiger partial charge in [-0.3, -0.25) is 0 Å². The normalized spacial score (nSPS) is 15.2. The van der Waals surface area contributed by atoms with Crippen LogP contribution in [-0.2, 0) is 10.2 Å². The van der Waals surface area contributed by atoms with Crippen LogP contribution in [0.25, 0.3) is 0 Å². The molecule has 4 nitrogen and oxygen atoms in total. The topological polar surface area (TPSA) is 66.8 Å². The molecule has 0 saturated carbocycles. The number of halogens is 4. The molecule has 0 aromatic heterocycles. The van der Waals surface area contributed by atoms with Crippen molar-refractivity contribution in [3.05, 3.63) is 28.3 Å². The summed E-state index contributed by atoms with van der Waals surface area (Å²) in [6, 6.07) is 3.11. The highest BCUT2D eigenvalue weighted by molar-refractivity contribution is 6.33. The average Bonchev–Trinajstić information content (AvgIpc) is 2.39. The van der Waals surface area contributed by atoms with Crippen LogP contribution in [0.1, 0.15) is 31.4 Å². The molecule has 1 aromatic rings. The van der Waals surface area contributed by atoms with Gasteiger partial charge in [0.15, 0.2) is 0 Å². The van der Waals surface area contributed by atoms with E-state index in [9.17, 15) is 23.1 Å². The lowest BCUT2D eigenvalue weighted by Crippen LogP contribution is -2.55. The van der Waals surface area contributed by atoms with Crippen molar-refractivity contribution < 1.29 is 32.9 Å². The van der Waals surface area contributed by atoms with Crippen molar-refractivity contribution in [3.8, 4) is 5.75 Å². The molecule has 1 aromatic carbocycles. The first kappa shape index (κ1) is 19.6. The molecule has 2 N–H and O–H groups in total. The molecule has 0 radical (unpaired) electrons. The highest BCUT2D eigenvalue weighted by Gasteiger charge is 2.62. The lowest BCUT2D eigenvalue weighted by Gasteiger charge is -2.35. The smallest absolute Gasteiger partial charge is 0.428 e. The molecule has 8 heteroatoms. The number of aryl methyl sites for hydroxylation is 1. The van der Waals surface area contributed by atoms with Gasteiger partial charge in [0.05, 0.1) is 12.1 Å². The molecule has 1 unspecified atom stereocenters. The number of benzene rings is 1. The van der Waals surface area contributed by atoms with Crippen LogP contribution >= 0.6 is 11.6 Å². The van der Waals surface area contributed by atoms with Crippen molar-refractivity contribution in [2.24, 2.45) is 0 Å². The van der Waals surface area contributed by atoms with Crippen LogP contribution in [0.4, 0.5) is 13.2 Å². The largest absolute Gasteiger partial charge is 0.495 e. The minimum absolute atomic E-state index is 0.159. The molecule has 130 valence electrons. The van der Waals surface area contributed by atoms with Gasteiger partial charge in [0.25, 0.3) is 5.60 Å². The van der Waals surface area contributed by atoms with E-state index >= 15 is 0 Å². The monoisotopic (exact) mass is 354 g/mol. The molecule has 23 heavy (non-hydrogen) atoms. The summed E-state index contributed by atoms with van der Waals surface area (Å²) in [5, 5.41) is 18.8. The molecule has 0 bridgehead atoms. The maximum absolute atomic E-state index is 13.0. The highest BCUT2D eigenvalue weighted by atomic mass is 35.5. The number of carbonyl (C=O) groups is 1. The minimum Gasteiger partial charge on any atom is -0.495 e. The summed E-state index contributed by atoms with van der Waals surface area (Å²) >= 11 is 6.10. The Kier molecular flexibility index (Phi) is 5.28. The fraction of sp³-hybridized carbons (Fsp3) is 0.533. The Morgan fingerprint density at radius 3 is 2.22 bits per heavy atom. The molecular weight excluding hydrogens is 337 g/mol. The maximum Gasteiger partial charge on any atom is 0.428 e. The summed E-state index contributed by atoms with van der Waals surface area (Å²) in [5.41, 5.74) is -4.31. The number of aliphatic carboxylic acids is 1.